The number of hydrogen-bond donors (Lipinski definition) is 1. The van der Waals surface area contributed by atoms with Gasteiger partial charge in [0.2, 0.25) is 0 Å². The van der Waals surface area contributed by atoms with Crippen molar-refractivity contribution in [3.8, 4) is 0 Å². The van der Waals surface area contributed by atoms with E-state index in [1.165, 1.54) is 25.7 Å². The minimum atomic E-state index is 0.182. The zero-order valence-corrected chi connectivity index (χ0v) is 12.7. The predicted octanol–water partition coefficient (Wildman–Crippen LogP) is 4.69. The molecule has 1 aliphatic carbocycles. The van der Waals surface area contributed by atoms with E-state index in [9.17, 15) is 0 Å². The SMILES string of the molecule is CCCC(C)C1(C(N)C(CC)CC)C=CC=CC1. The lowest BCUT2D eigenvalue weighted by Gasteiger charge is -2.45. The fourth-order valence-corrected chi connectivity index (χ4v) is 3.53. The Morgan fingerprint density at radius 3 is 2.28 bits per heavy atom. The van der Waals surface area contributed by atoms with Crippen molar-refractivity contribution in [1.29, 1.82) is 0 Å². The highest BCUT2D eigenvalue weighted by molar-refractivity contribution is 5.21. The molecule has 0 bridgehead atoms. The summed E-state index contributed by atoms with van der Waals surface area (Å²) in [5.74, 6) is 1.31. The summed E-state index contributed by atoms with van der Waals surface area (Å²) in [5.41, 5.74) is 6.88. The van der Waals surface area contributed by atoms with Crippen LogP contribution in [0.1, 0.15) is 59.8 Å². The zero-order chi connectivity index (χ0) is 13.6. The summed E-state index contributed by atoms with van der Waals surface area (Å²) in [4.78, 5) is 0. The van der Waals surface area contributed by atoms with Gasteiger partial charge < -0.3 is 5.73 Å². The highest BCUT2D eigenvalue weighted by Gasteiger charge is 2.41. The molecule has 0 aliphatic heterocycles. The van der Waals surface area contributed by atoms with Crippen molar-refractivity contribution in [2.75, 3.05) is 0 Å². The van der Waals surface area contributed by atoms with Gasteiger partial charge in [-0.1, -0.05) is 77.7 Å². The molecule has 2 N–H and O–H groups in total. The van der Waals surface area contributed by atoms with Crippen LogP contribution in [-0.2, 0) is 0 Å². The number of hydrogen-bond acceptors (Lipinski definition) is 1. The Morgan fingerprint density at radius 1 is 1.17 bits per heavy atom. The Labute approximate surface area is 114 Å². The van der Waals surface area contributed by atoms with Gasteiger partial charge in [0, 0.05) is 11.5 Å². The van der Waals surface area contributed by atoms with E-state index < -0.39 is 0 Å². The fraction of sp³-hybridized carbons (Fsp3) is 0.765. The van der Waals surface area contributed by atoms with Crippen LogP contribution >= 0.6 is 0 Å². The predicted molar refractivity (Wildman–Crippen MR) is 81.4 cm³/mol. The Kier molecular flexibility index (Phi) is 6.14. The molecule has 3 unspecified atom stereocenters. The quantitative estimate of drug-likeness (QED) is 0.696. The standard InChI is InChI=1S/C17H31N/c1-5-11-14(4)17(12-9-8-10-13-17)16(18)15(6-2)7-3/h8-10,12,14-16H,5-7,11,13,18H2,1-4H3. The van der Waals surface area contributed by atoms with E-state index in [0.717, 1.165) is 6.42 Å². The van der Waals surface area contributed by atoms with E-state index in [2.05, 4.69) is 52.0 Å². The zero-order valence-electron chi connectivity index (χ0n) is 12.7. The van der Waals surface area contributed by atoms with Crippen LogP contribution in [0.25, 0.3) is 0 Å². The van der Waals surface area contributed by atoms with Crippen LogP contribution in [0.3, 0.4) is 0 Å². The maximum absolute atomic E-state index is 6.69. The van der Waals surface area contributed by atoms with Crippen LogP contribution in [0.2, 0.25) is 0 Å². The largest absolute Gasteiger partial charge is 0.327 e. The average Bonchev–Trinajstić information content (AvgIpc) is 2.41. The molecule has 0 saturated carbocycles. The molecule has 0 amide bonds. The second-order valence-corrected chi connectivity index (χ2v) is 5.90. The van der Waals surface area contributed by atoms with Crippen molar-refractivity contribution in [2.24, 2.45) is 23.0 Å². The molecule has 1 rings (SSSR count). The first kappa shape index (κ1) is 15.5. The summed E-state index contributed by atoms with van der Waals surface area (Å²) >= 11 is 0. The van der Waals surface area contributed by atoms with Gasteiger partial charge in [-0.05, 0) is 18.3 Å². The van der Waals surface area contributed by atoms with Gasteiger partial charge in [0.15, 0.2) is 0 Å². The van der Waals surface area contributed by atoms with E-state index >= 15 is 0 Å². The maximum Gasteiger partial charge on any atom is 0.0164 e. The van der Waals surface area contributed by atoms with Gasteiger partial charge in [-0.2, -0.15) is 0 Å². The number of nitrogens with two attached hydrogens (primary N) is 1. The van der Waals surface area contributed by atoms with Crippen molar-refractivity contribution in [3.05, 3.63) is 24.3 Å². The van der Waals surface area contributed by atoms with E-state index in [1.54, 1.807) is 0 Å². The third-order valence-electron chi connectivity index (χ3n) is 4.94. The average molecular weight is 249 g/mol. The third kappa shape index (κ3) is 3.06. The fourth-order valence-electron chi connectivity index (χ4n) is 3.53. The van der Waals surface area contributed by atoms with Gasteiger partial charge in [-0.15, -0.1) is 0 Å². The molecule has 0 saturated heterocycles. The monoisotopic (exact) mass is 249 g/mol. The van der Waals surface area contributed by atoms with E-state index in [0.29, 0.717) is 11.8 Å². The van der Waals surface area contributed by atoms with Gasteiger partial charge in [0.05, 0.1) is 0 Å². The Hall–Kier alpha value is -0.560. The van der Waals surface area contributed by atoms with Gasteiger partial charge in [0.1, 0.15) is 0 Å². The highest BCUT2D eigenvalue weighted by atomic mass is 14.7. The molecular weight excluding hydrogens is 218 g/mol. The Bertz CT molecular complexity index is 288. The third-order valence-corrected chi connectivity index (χ3v) is 4.94. The molecular formula is C17H31N. The Balaban J connectivity index is 2.97. The molecule has 0 spiro atoms. The molecule has 0 aromatic carbocycles. The molecule has 1 nitrogen and oxygen atoms in total. The second kappa shape index (κ2) is 7.13. The topological polar surface area (TPSA) is 26.0 Å². The van der Waals surface area contributed by atoms with Gasteiger partial charge >= 0.3 is 0 Å². The van der Waals surface area contributed by atoms with Crippen LogP contribution in [0.4, 0.5) is 0 Å². The van der Waals surface area contributed by atoms with Crippen molar-refractivity contribution < 1.29 is 0 Å². The van der Waals surface area contributed by atoms with Crippen molar-refractivity contribution in [1.82, 2.24) is 0 Å². The van der Waals surface area contributed by atoms with Crippen molar-refractivity contribution >= 4 is 0 Å². The normalized spacial score (nSPS) is 26.6. The molecule has 0 aromatic heterocycles. The van der Waals surface area contributed by atoms with Crippen LogP contribution in [0.15, 0.2) is 24.3 Å². The summed E-state index contributed by atoms with van der Waals surface area (Å²) in [6.07, 6.45) is 15.1. The molecule has 3 atom stereocenters. The molecule has 0 fully saturated rings. The maximum atomic E-state index is 6.69. The number of rotatable bonds is 7. The minimum Gasteiger partial charge on any atom is -0.327 e. The van der Waals surface area contributed by atoms with Crippen LogP contribution < -0.4 is 5.73 Å². The van der Waals surface area contributed by atoms with Crippen molar-refractivity contribution in [3.63, 3.8) is 0 Å². The van der Waals surface area contributed by atoms with Gasteiger partial charge in [-0.3, -0.25) is 0 Å². The first-order valence-corrected chi connectivity index (χ1v) is 7.72. The molecule has 18 heavy (non-hydrogen) atoms. The molecule has 1 aliphatic rings. The molecule has 0 heterocycles. The lowest BCUT2D eigenvalue weighted by molar-refractivity contribution is 0.137. The summed E-state index contributed by atoms with van der Waals surface area (Å²) in [6, 6.07) is 0.287. The molecule has 0 radical (unpaired) electrons. The van der Waals surface area contributed by atoms with Gasteiger partial charge in [-0.25, -0.2) is 0 Å². The summed E-state index contributed by atoms with van der Waals surface area (Å²) < 4.78 is 0. The molecule has 0 aromatic rings. The van der Waals surface area contributed by atoms with Crippen LogP contribution in [0.5, 0.6) is 0 Å². The minimum absolute atomic E-state index is 0.182. The van der Waals surface area contributed by atoms with E-state index in [4.69, 9.17) is 5.73 Å². The molecule has 1 heteroatoms. The van der Waals surface area contributed by atoms with Gasteiger partial charge in [0.25, 0.3) is 0 Å². The number of allylic oxidation sites excluding steroid dienone is 3. The van der Waals surface area contributed by atoms with Crippen LogP contribution in [-0.4, -0.2) is 6.04 Å². The lowest BCUT2D eigenvalue weighted by Crippen LogP contribution is -2.49. The smallest absolute Gasteiger partial charge is 0.0164 e. The van der Waals surface area contributed by atoms with E-state index in [-0.39, 0.29) is 11.5 Å². The first-order chi connectivity index (χ1) is 8.62. The molecule has 104 valence electrons. The van der Waals surface area contributed by atoms with E-state index in [1.807, 2.05) is 0 Å². The summed E-state index contributed by atoms with van der Waals surface area (Å²) in [5, 5.41) is 0. The lowest BCUT2D eigenvalue weighted by atomic mass is 9.62. The first-order valence-electron chi connectivity index (χ1n) is 7.72. The Morgan fingerprint density at radius 2 is 1.83 bits per heavy atom. The summed E-state index contributed by atoms with van der Waals surface area (Å²) in [7, 11) is 0. The highest BCUT2D eigenvalue weighted by Crippen LogP contribution is 2.44. The van der Waals surface area contributed by atoms with Crippen molar-refractivity contribution in [2.45, 2.75) is 65.8 Å². The second-order valence-electron chi connectivity index (χ2n) is 5.90. The summed E-state index contributed by atoms with van der Waals surface area (Å²) in [6.45, 7) is 9.20. The van der Waals surface area contributed by atoms with Crippen LogP contribution in [0, 0.1) is 17.3 Å².